The number of ether oxygens (including phenoxy) is 2. The van der Waals surface area contributed by atoms with E-state index in [1.165, 1.54) is 37.1 Å². The molecule has 1 N–H and O–H groups in total. The molecule has 0 aliphatic heterocycles. The molecule has 2 aromatic carbocycles. The van der Waals surface area contributed by atoms with Gasteiger partial charge < -0.3 is 14.8 Å². The number of nitrogens with one attached hydrogen (secondary N) is 1. The van der Waals surface area contributed by atoms with Gasteiger partial charge in [0.2, 0.25) is 10.0 Å². The van der Waals surface area contributed by atoms with Crippen LogP contribution in [0.15, 0.2) is 47.4 Å². The highest BCUT2D eigenvalue weighted by atomic mass is 32.2. The average Bonchev–Trinajstić information content (AvgIpc) is 2.78. The first-order valence-electron chi connectivity index (χ1n) is 9.98. The van der Waals surface area contributed by atoms with Crippen molar-refractivity contribution < 1.29 is 22.7 Å². The third kappa shape index (κ3) is 4.76. The van der Waals surface area contributed by atoms with Crippen molar-refractivity contribution in [2.24, 2.45) is 0 Å². The third-order valence-corrected chi connectivity index (χ3v) is 7.45. The molecule has 8 heteroatoms. The molecular formula is C22H28N2O5S. The van der Waals surface area contributed by atoms with Crippen LogP contribution in [0.4, 0.5) is 5.69 Å². The van der Waals surface area contributed by atoms with E-state index < -0.39 is 10.0 Å². The molecule has 0 aromatic heterocycles. The summed E-state index contributed by atoms with van der Waals surface area (Å²) in [7, 11) is 1.12. The first-order valence-corrected chi connectivity index (χ1v) is 11.4. The molecule has 3 rings (SSSR count). The second-order valence-electron chi connectivity index (χ2n) is 7.36. The van der Waals surface area contributed by atoms with Crippen molar-refractivity contribution in [2.45, 2.75) is 43.0 Å². The van der Waals surface area contributed by atoms with Crippen molar-refractivity contribution >= 4 is 21.6 Å². The fraction of sp³-hybridized carbons (Fsp3) is 0.409. The Bertz CT molecular complexity index is 983. The van der Waals surface area contributed by atoms with Crippen molar-refractivity contribution in [3.63, 3.8) is 0 Å². The van der Waals surface area contributed by atoms with Gasteiger partial charge in [0.05, 0.1) is 19.1 Å². The van der Waals surface area contributed by atoms with Crippen LogP contribution in [-0.2, 0) is 10.0 Å². The molecule has 0 saturated heterocycles. The van der Waals surface area contributed by atoms with Crippen LogP contribution < -0.4 is 14.8 Å². The van der Waals surface area contributed by atoms with E-state index in [9.17, 15) is 13.2 Å². The SMILES string of the molecule is COc1ccc(C(=O)Nc2ccc(S(=O)(=O)N(C)C3CCCCC3)cc2)cc1OC. The Kier molecular flexibility index (Phi) is 6.99. The molecule has 0 spiro atoms. The molecule has 0 atom stereocenters. The summed E-state index contributed by atoms with van der Waals surface area (Å²) in [6.07, 6.45) is 5.08. The van der Waals surface area contributed by atoms with Gasteiger partial charge in [0.25, 0.3) is 5.91 Å². The van der Waals surface area contributed by atoms with E-state index in [2.05, 4.69) is 5.32 Å². The Hall–Kier alpha value is -2.58. The Labute approximate surface area is 178 Å². The van der Waals surface area contributed by atoms with E-state index in [0.29, 0.717) is 22.7 Å². The molecule has 1 aliphatic carbocycles. The van der Waals surface area contributed by atoms with Crippen molar-refractivity contribution in [1.82, 2.24) is 4.31 Å². The maximum absolute atomic E-state index is 12.9. The zero-order valence-corrected chi connectivity index (χ0v) is 18.4. The van der Waals surface area contributed by atoms with Crippen LogP contribution >= 0.6 is 0 Å². The second kappa shape index (κ2) is 9.49. The summed E-state index contributed by atoms with van der Waals surface area (Å²) in [4.78, 5) is 12.8. The second-order valence-corrected chi connectivity index (χ2v) is 9.36. The van der Waals surface area contributed by atoms with Crippen LogP contribution in [0.5, 0.6) is 11.5 Å². The van der Waals surface area contributed by atoms with Crippen LogP contribution in [0.3, 0.4) is 0 Å². The minimum absolute atomic E-state index is 0.0492. The number of rotatable bonds is 7. The number of anilines is 1. The maximum Gasteiger partial charge on any atom is 0.255 e. The molecule has 1 amide bonds. The van der Waals surface area contributed by atoms with Crippen molar-refractivity contribution in [3.8, 4) is 11.5 Å². The molecular weight excluding hydrogens is 404 g/mol. The third-order valence-electron chi connectivity index (χ3n) is 5.52. The largest absolute Gasteiger partial charge is 0.493 e. The molecule has 1 aliphatic rings. The van der Waals surface area contributed by atoms with Crippen LogP contribution in [0.1, 0.15) is 42.5 Å². The number of nitrogens with zero attached hydrogens (tertiary/aromatic N) is 1. The van der Waals surface area contributed by atoms with Gasteiger partial charge in [0.15, 0.2) is 11.5 Å². The highest BCUT2D eigenvalue weighted by Crippen LogP contribution is 2.29. The fourth-order valence-electron chi connectivity index (χ4n) is 3.70. The first kappa shape index (κ1) is 22.1. The van der Waals surface area contributed by atoms with Gasteiger partial charge >= 0.3 is 0 Å². The average molecular weight is 433 g/mol. The summed E-state index contributed by atoms with van der Waals surface area (Å²) < 4.78 is 37.8. The van der Waals surface area contributed by atoms with Gasteiger partial charge in [-0.3, -0.25) is 4.79 Å². The first-order chi connectivity index (χ1) is 14.4. The number of carbonyl (C=O) groups excluding carboxylic acids is 1. The van der Waals surface area contributed by atoms with E-state index in [4.69, 9.17) is 9.47 Å². The lowest BCUT2D eigenvalue weighted by atomic mass is 9.96. The van der Waals surface area contributed by atoms with Gasteiger partial charge in [-0.1, -0.05) is 19.3 Å². The van der Waals surface area contributed by atoms with Gasteiger partial charge in [-0.25, -0.2) is 8.42 Å². The predicted octanol–water partition coefficient (Wildman–Crippen LogP) is 3.91. The lowest BCUT2D eigenvalue weighted by Gasteiger charge is -2.30. The van der Waals surface area contributed by atoms with Crippen molar-refractivity contribution in [2.75, 3.05) is 26.6 Å². The number of methoxy groups -OCH3 is 2. The van der Waals surface area contributed by atoms with Gasteiger partial charge in [0.1, 0.15) is 0 Å². The highest BCUT2D eigenvalue weighted by Gasteiger charge is 2.29. The summed E-state index contributed by atoms with van der Waals surface area (Å²) in [6.45, 7) is 0. The molecule has 0 bridgehead atoms. The van der Waals surface area contributed by atoms with Gasteiger partial charge in [0, 0.05) is 24.3 Å². The van der Waals surface area contributed by atoms with Crippen LogP contribution in [0.2, 0.25) is 0 Å². The number of amides is 1. The zero-order chi connectivity index (χ0) is 21.7. The number of hydrogen-bond acceptors (Lipinski definition) is 5. The molecule has 0 heterocycles. The van der Waals surface area contributed by atoms with Crippen LogP contribution in [-0.4, -0.2) is 45.9 Å². The van der Waals surface area contributed by atoms with E-state index in [1.807, 2.05) is 0 Å². The van der Waals surface area contributed by atoms with E-state index >= 15 is 0 Å². The molecule has 0 unspecified atom stereocenters. The van der Waals surface area contributed by atoms with E-state index in [1.54, 1.807) is 37.4 Å². The van der Waals surface area contributed by atoms with Crippen molar-refractivity contribution in [1.29, 1.82) is 0 Å². The fourth-order valence-corrected chi connectivity index (χ4v) is 5.11. The van der Waals surface area contributed by atoms with Gasteiger partial charge in [-0.05, 0) is 55.3 Å². The molecule has 1 fully saturated rings. The summed E-state index contributed by atoms with van der Waals surface area (Å²) in [5.74, 6) is 0.661. The van der Waals surface area contributed by atoms with E-state index in [0.717, 1.165) is 25.7 Å². The lowest BCUT2D eigenvalue weighted by Crippen LogP contribution is -2.38. The van der Waals surface area contributed by atoms with E-state index in [-0.39, 0.29) is 16.8 Å². The topological polar surface area (TPSA) is 84.9 Å². The van der Waals surface area contributed by atoms with Crippen LogP contribution in [0.25, 0.3) is 0 Å². The predicted molar refractivity (Wildman–Crippen MR) is 116 cm³/mol. The number of benzene rings is 2. The Balaban J connectivity index is 1.71. The summed E-state index contributed by atoms with van der Waals surface area (Å²) in [5.41, 5.74) is 0.912. The maximum atomic E-state index is 12.9. The minimum atomic E-state index is -3.56. The van der Waals surface area contributed by atoms with Gasteiger partial charge in [-0.15, -0.1) is 0 Å². The van der Waals surface area contributed by atoms with Crippen molar-refractivity contribution in [3.05, 3.63) is 48.0 Å². The summed E-state index contributed by atoms with van der Waals surface area (Å²) >= 11 is 0. The van der Waals surface area contributed by atoms with Gasteiger partial charge in [-0.2, -0.15) is 4.31 Å². The summed E-state index contributed by atoms with van der Waals surface area (Å²) in [6, 6.07) is 11.2. The molecule has 30 heavy (non-hydrogen) atoms. The normalized spacial score (nSPS) is 15.1. The standard InChI is InChI=1S/C22H28N2O5S/c1-24(18-7-5-4-6-8-18)30(26,27)19-12-10-17(11-13-19)23-22(25)16-9-14-20(28-2)21(15-16)29-3/h9-15,18H,4-8H2,1-3H3,(H,23,25). The monoisotopic (exact) mass is 432 g/mol. The highest BCUT2D eigenvalue weighted by molar-refractivity contribution is 7.89. The zero-order valence-electron chi connectivity index (χ0n) is 17.6. The number of carbonyl (C=O) groups is 1. The minimum Gasteiger partial charge on any atom is -0.493 e. The van der Waals surface area contributed by atoms with Crippen LogP contribution in [0, 0.1) is 0 Å². The smallest absolute Gasteiger partial charge is 0.255 e. The summed E-state index contributed by atoms with van der Waals surface area (Å²) in [5, 5.41) is 2.77. The Morgan fingerprint density at radius 2 is 1.60 bits per heavy atom. The number of sulfonamides is 1. The Morgan fingerprint density at radius 3 is 2.20 bits per heavy atom. The Morgan fingerprint density at radius 1 is 0.967 bits per heavy atom. The number of hydrogen-bond donors (Lipinski definition) is 1. The molecule has 7 nitrogen and oxygen atoms in total. The lowest BCUT2D eigenvalue weighted by molar-refractivity contribution is 0.102. The molecule has 1 saturated carbocycles. The molecule has 2 aromatic rings. The molecule has 0 radical (unpaired) electrons. The quantitative estimate of drug-likeness (QED) is 0.717. The molecule has 162 valence electrons.